The lowest BCUT2D eigenvalue weighted by atomic mass is 10.2. The smallest absolute Gasteiger partial charge is 0.173 e. The summed E-state index contributed by atoms with van der Waals surface area (Å²) >= 11 is 4.86. The van der Waals surface area contributed by atoms with Crippen molar-refractivity contribution in [1.29, 1.82) is 0 Å². The molecule has 0 aliphatic carbocycles. The molecule has 2 aromatic rings. The van der Waals surface area contributed by atoms with Crippen LogP contribution >= 0.6 is 27.7 Å². The molecule has 0 N–H and O–H groups in total. The summed E-state index contributed by atoms with van der Waals surface area (Å²) in [6.07, 6.45) is 3.66. The van der Waals surface area contributed by atoms with Crippen molar-refractivity contribution in [2.75, 3.05) is 5.75 Å². The second-order valence-electron chi connectivity index (χ2n) is 3.57. The van der Waals surface area contributed by atoms with Crippen LogP contribution in [0, 0.1) is 0 Å². The molecule has 0 saturated heterocycles. The second-order valence-corrected chi connectivity index (χ2v) is 5.54. The lowest BCUT2D eigenvalue weighted by molar-refractivity contribution is 0.102. The fraction of sp³-hybridized carbons (Fsp3) is 0.167. The number of aromatic nitrogens is 2. The van der Waals surface area contributed by atoms with Crippen LogP contribution in [0.15, 0.2) is 46.0 Å². The predicted octanol–water partition coefficient (Wildman–Crippen LogP) is 3.16. The van der Waals surface area contributed by atoms with E-state index < -0.39 is 0 Å². The highest BCUT2D eigenvalue weighted by atomic mass is 79.9. The van der Waals surface area contributed by atoms with Gasteiger partial charge in [-0.2, -0.15) is 5.10 Å². The van der Waals surface area contributed by atoms with Gasteiger partial charge in [0.05, 0.1) is 11.9 Å². The molecule has 0 aliphatic rings. The van der Waals surface area contributed by atoms with Crippen molar-refractivity contribution in [3.05, 3.63) is 46.7 Å². The molecular weight excluding hydrogens is 300 g/mol. The molecule has 0 saturated carbocycles. The summed E-state index contributed by atoms with van der Waals surface area (Å²) in [5.41, 5.74) is 0.732. The van der Waals surface area contributed by atoms with Crippen molar-refractivity contribution >= 4 is 33.5 Å². The molecule has 0 amide bonds. The van der Waals surface area contributed by atoms with E-state index in [0.29, 0.717) is 5.75 Å². The van der Waals surface area contributed by atoms with Crippen molar-refractivity contribution in [2.24, 2.45) is 7.05 Å². The molecule has 2 rings (SSSR count). The summed E-state index contributed by atoms with van der Waals surface area (Å²) in [5, 5.41) is 4.06. The molecule has 0 atom stereocenters. The molecule has 17 heavy (non-hydrogen) atoms. The van der Waals surface area contributed by atoms with Crippen LogP contribution in [0.1, 0.15) is 10.4 Å². The number of thioether (sulfide) groups is 1. The molecule has 1 aromatic heterocycles. The molecule has 1 aromatic carbocycles. The number of ketones is 1. The Labute approximate surface area is 112 Å². The Kier molecular flexibility index (Phi) is 4.02. The Morgan fingerprint density at radius 3 is 3.00 bits per heavy atom. The average molecular weight is 311 g/mol. The summed E-state index contributed by atoms with van der Waals surface area (Å²) in [7, 11) is 1.86. The van der Waals surface area contributed by atoms with Gasteiger partial charge in [-0.1, -0.05) is 28.1 Å². The van der Waals surface area contributed by atoms with Gasteiger partial charge in [-0.05, 0) is 12.1 Å². The van der Waals surface area contributed by atoms with Crippen LogP contribution in [0.25, 0.3) is 0 Å². The number of carbonyl (C=O) groups is 1. The maximum absolute atomic E-state index is 11.9. The van der Waals surface area contributed by atoms with Crippen molar-refractivity contribution in [2.45, 2.75) is 4.90 Å². The first-order valence-electron chi connectivity index (χ1n) is 5.05. The lowest BCUT2D eigenvalue weighted by Crippen LogP contribution is -2.01. The number of carbonyl (C=O) groups excluding carboxylic acids is 1. The molecule has 5 heteroatoms. The van der Waals surface area contributed by atoms with E-state index >= 15 is 0 Å². The van der Waals surface area contributed by atoms with Crippen molar-refractivity contribution < 1.29 is 4.79 Å². The van der Waals surface area contributed by atoms with Crippen LogP contribution < -0.4 is 0 Å². The van der Waals surface area contributed by atoms with E-state index in [9.17, 15) is 4.79 Å². The maximum Gasteiger partial charge on any atom is 0.173 e. The number of rotatable bonds is 4. The number of nitrogens with zero attached hydrogens (tertiary/aromatic N) is 2. The molecule has 88 valence electrons. The normalized spacial score (nSPS) is 10.5. The average Bonchev–Trinajstić information content (AvgIpc) is 2.72. The van der Waals surface area contributed by atoms with E-state index in [1.807, 2.05) is 37.5 Å². The van der Waals surface area contributed by atoms with Gasteiger partial charge in [-0.15, -0.1) is 11.8 Å². The number of aryl methyl sites for hydroxylation is 1. The van der Waals surface area contributed by atoms with E-state index in [1.165, 1.54) is 11.8 Å². The van der Waals surface area contributed by atoms with Crippen molar-refractivity contribution in [3.63, 3.8) is 0 Å². The third-order valence-corrected chi connectivity index (χ3v) is 3.64. The van der Waals surface area contributed by atoms with Gasteiger partial charge in [0.2, 0.25) is 0 Å². The third kappa shape index (κ3) is 3.44. The van der Waals surface area contributed by atoms with Crippen molar-refractivity contribution in [1.82, 2.24) is 9.78 Å². The third-order valence-electron chi connectivity index (χ3n) is 2.20. The molecule has 0 radical (unpaired) electrons. The first-order chi connectivity index (χ1) is 8.15. The fourth-order valence-electron chi connectivity index (χ4n) is 1.37. The standard InChI is InChI=1S/C12H11BrN2OS/c1-15-7-11(6-14-15)17-8-12(16)9-3-2-4-10(13)5-9/h2-7H,8H2,1H3. The topological polar surface area (TPSA) is 34.9 Å². The van der Waals surface area contributed by atoms with E-state index in [4.69, 9.17) is 0 Å². The van der Waals surface area contributed by atoms with Crippen LogP contribution in [0.3, 0.4) is 0 Å². The van der Waals surface area contributed by atoms with E-state index in [1.54, 1.807) is 10.9 Å². The quantitative estimate of drug-likeness (QED) is 0.642. The summed E-state index contributed by atoms with van der Waals surface area (Å²) in [6, 6.07) is 7.44. The monoisotopic (exact) mass is 310 g/mol. The minimum Gasteiger partial charge on any atom is -0.293 e. The van der Waals surface area contributed by atoms with Crippen LogP contribution in [0.4, 0.5) is 0 Å². The van der Waals surface area contributed by atoms with E-state index in [0.717, 1.165) is 14.9 Å². The molecule has 0 bridgehead atoms. The Morgan fingerprint density at radius 1 is 1.53 bits per heavy atom. The summed E-state index contributed by atoms with van der Waals surface area (Å²) < 4.78 is 2.65. The Bertz CT molecular complexity index is 539. The molecule has 3 nitrogen and oxygen atoms in total. The van der Waals surface area contributed by atoms with Gasteiger partial charge in [0.15, 0.2) is 5.78 Å². The highest BCUT2D eigenvalue weighted by Crippen LogP contribution is 2.19. The van der Waals surface area contributed by atoms with Gasteiger partial charge in [0.25, 0.3) is 0 Å². The molecule has 0 spiro atoms. The van der Waals surface area contributed by atoms with Gasteiger partial charge < -0.3 is 0 Å². The van der Waals surface area contributed by atoms with E-state index in [2.05, 4.69) is 21.0 Å². The first-order valence-corrected chi connectivity index (χ1v) is 6.83. The Balaban J connectivity index is 1.98. The second kappa shape index (κ2) is 5.51. The fourth-order valence-corrected chi connectivity index (χ4v) is 2.58. The molecule has 1 heterocycles. The SMILES string of the molecule is Cn1cc(SCC(=O)c2cccc(Br)c2)cn1. The Hall–Kier alpha value is -1.07. The van der Waals surface area contributed by atoms with Gasteiger partial charge in [-0.3, -0.25) is 9.48 Å². The summed E-state index contributed by atoms with van der Waals surface area (Å²) in [5.74, 6) is 0.558. The van der Waals surface area contributed by atoms with Crippen molar-refractivity contribution in [3.8, 4) is 0 Å². The summed E-state index contributed by atoms with van der Waals surface area (Å²) in [4.78, 5) is 12.9. The number of halogens is 1. The zero-order valence-corrected chi connectivity index (χ0v) is 11.7. The van der Waals surface area contributed by atoms with Gasteiger partial charge in [0, 0.05) is 28.2 Å². The van der Waals surface area contributed by atoms with Gasteiger partial charge >= 0.3 is 0 Å². The summed E-state index contributed by atoms with van der Waals surface area (Å²) in [6.45, 7) is 0. The number of benzene rings is 1. The number of Topliss-reactive ketones (excluding diaryl/α,β-unsaturated/α-hetero) is 1. The molecular formula is C12H11BrN2OS. The van der Waals surface area contributed by atoms with Crippen LogP contribution in [-0.2, 0) is 7.05 Å². The van der Waals surface area contributed by atoms with Gasteiger partial charge in [0.1, 0.15) is 0 Å². The molecule has 0 unspecified atom stereocenters. The zero-order chi connectivity index (χ0) is 12.3. The predicted molar refractivity (Wildman–Crippen MR) is 72.4 cm³/mol. The maximum atomic E-state index is 11.9. The van der Waals surface area contributed by atoms with Crippen LogP contribution in [-0.4, -0.2) is 21.3 Å². The number of hydrogen-bond acceptors (Lipinski definition) is 3. The largest absolute Gasteiger partial charge is 0.293 e. The molecule has 0 fully saturated rings. The van der Waals surface area contributed by atoms with E-state index in [-0.39, 0.29) is 5.78 Å². The molecule has 0 aliphatic heterocycles. The minimum absolute atomic E-state index is 0.125. The van der Waals surface area contributed by atoms with Crippen LogP contribution in [0.5, 0.6) is 0 Å². The highest BCUT2D eigenvalue weighted by molar-refractivity contribution is 9.10. The van der Waals surface area contributed by atoms with Crippen LogP contribution in [0.2, 0.25) is 0 Å². The van der Waals surface area contributed by atoms with Gasteiger partial charge in [-0.25, -0.2) is 0 Å². The first kappa shape index (κ1) is 12.4. The number of hydrogen-bond donors (Lipinski definition) is 0. The minimum atomic E-state index is 0.125. The lowest BCUT2D eigenvalue weighted by Gasteiger charge is -2.00. The Morgan fingerprint density at radius 2 is 2.35 bits per heavy atom. The zero-order valence-electron chi connectivity index (χ0n) is 9.26. The highest BCUT2D eigenvalue weighted by Gasteiger charge is 2.07.